The van der Waals surface area contributed by atoms with Crippen LogP contribution >= 0.6 is 99.9 Å². The van der Waals surface area contributed by atoms with E-state index in [4.69, 9.17) is 0 Å². The second-order valence-electron chi connectivity index (χ2n) is 13.4. The van der Waals surface area contributed by atoms with Crippen molar-refractivity contribution >= 4 is 128 Å². The molecule has 260 valence electrons. The molecule has 0 saturated heterocycles. The second kappa shape index (κ2) is 19.1. The largest absolute Gasteiger partial charge is 0.139 e. The summed E-state index contributed by atoms with van der Waals surface area (Å²) in [6.07, 6.45) is 26.9. The standard InChI is InChI=1S/C40H50Br2S6/c1-3-5-7-9-11-13-15-17-19-27-21-31-33(43-27)23-29(45-31)25-35-37(41)39-40(47-35)38(42)36(48-39)26-30-24-34-32(46-30)22-28(44-34)20-18-16-14-12-10-8-6-4-2/h21-24H,3-20,25-26H2,1-2H3. The third-order valence-electron chi connectivity index (χ3n) is 9.39. The molecule has 0 atom stereocenters. The van der Waals surface area contributed by atoms with Gasteiger partial charge in [0, 0.05) is 69.8 Å². The molecule has 0 aliphatic carbocycles. The molecular weight excluding hydrogens is 833 g/mol. The van der Waals surface area contributed by atoms with Crippen LogP contribution in [0.2, 0.25) is 0 Å². The molecule has 6 aromatic heterocycles. The number of fused-ring (bicyclic) bond motifs is 3. The van der Waals surface area contributed by atoms with Gasteiger partial charge in [-0.15, -0.1) is 68.0 Å². The van der Waals surface area contributed by atoms with E-state index in [0.29, 0.717) is 0 Å². The average molecular weight is 883 g/mol. The van der Waals surface area contributed by atoms with Crippen LogP contribution in [0.4, 0.5) is 0 Å². The Hall–Kier alpha value is -0.0600. The summed E-state index contributed by atoms with van der Waals surface area (Å²) in [7, 11) is 0. The quantitative estimate of drug-likeness (QED) is 0.0596. The van der Waals surface area contributed by atoms with Gasteiger partial charge in [-0.05, 0) is 81.8 Å². The molecule has 0 aliphatic rings. The fourth-order valence-electron chi connectivity index (χ4n) is 6.67. The number of hydrogen-bond donors (Lipinski definition) is 0. The molecule has 0 amide bonds. The zero-order valence-electron chi connectivity index (χ0n) is 28.7. The fraction of sp³-hybridized carbons (Fsp3) is 0.550. The zero-order valence-corrected chi connectivity index (χ0v) is 36.7. The molecule has 6 rings (SSSR count). The minimum absolute atomic E-state index is 1.02. The van der Waals surface area contributed by atoms with Crippen LogP contribution in [0.15, 0.2) is 33.2 Å². The van der Waals surface area contributed by atoms with Gasteiger partial charge in [-0.2, -0.15) is 0 Å². The predicted octanol–water partition coefficient (Wildman–Crippen LogP) is 17.6. The van der Waals surface area contributed by atoms with Crippen LogP contribution in [0.25, 0.3) is 28.2 Å². The van der Waals surface area contributed by atoms with Crippen molar-refractivity contribution in [2.45, 2.75) is 142 Å². The average Bonchev–Trinajstić information content (AvgIpc) is 3.90. The monoisotopic (exact) mass is 880 g/mol. The molecule has 6 aromatic rings. The van der Waals surface area contributed by atoms with Crippen molar-refractivity contribution in [3.63, 3.8) is 0 Å². The number of hydrogen-bond acceptors (Lipinski definition) is 6. The van der Waals surface area contributed by atoms with Crippen LogP contribution in [-0.4, -0.2) is 0 Å². The Kier molecular flexibility index (Phi) is 15.0. The highest BCUT2D eigenvalue weighted by atomic mass is 79.9. The van der Waals surface area contributed by atoms with E-state index in [9.17, 15) is 0 Å². The summed E-state index contributed by atoms with van der Waals surface area (Å²) in [4.78, 5) is 9.04. The fourth-order valence-corrected chi connectivity index (χ4v) is 16.3. The van der Waals surface area contributed by atoms with Gasteiger partial charge in [0.05, 0.1) is 9.40 Å². The zero-order chi connectivity index (χ0) is 33.3. The first-order chi connectivity index (χ1) is 23.5. The third-order valence-corrected chi connectivity index (χ3v) is 19.4. The summed E-state index contributed by atoms with van der Waals surface area (Å²) < 4.78 is 11.4. The van der Waals surface area contributed by atoms with Gasteiger partial charge < -0.3 is 0 Å². The molecule has 0 aromatic carbocycles. The van der Waals surface area contributed by atoms with Crippen molar-refractivity contribution in [1.82, 2.24) is 0 Å². The van der Waals surface area contributed by atoms with E-state index < -0.39 is 0 Å². The van der Waals surface area contributed by atoms with Gasteiger partial charge in [0.1, 0.15) is 0 Å². The molecule has 8 heteroatoms. The van der Waals surface area contributed by atoms with Gasteiger partial charge >= 0.3 is 0 Å². The molecule has 6 heterocycles. The maximum absolute atomic E-state index is 4.03. The molecule has 0 spiro atoms. The molecular formula is C40H50Br2S6. The highest BCUT2D eigenvalue weighted by Crippen LogP contribution is 2.49. The summed E-state index contributed by atoms with van der Waals surface area (Å²) >= 11 is 20.1. The summed E-state index contributed by atoms with van der Waals surface area (Å²) in [5.41, 5.74) is 0. The summed E-state index contributed by atoms with van der Waals surface area (Å²) in [6, 6.07) is 9.89. The van der Waals surface area contributed by atoms with Crippen molar-refractivity contribution in [3.8, 4) is 0 Å². The van der Waals surface area contributed by atoms with Crippen LogP contribution in [0.5, 0.6) is 0 Å². The van der Waals surface area contributed by atoms with E-state index in [1.54, 1.807) is 9.75 Å². The number of unbranched alkanes of at least 4 members (excludes halogenated alkanes) is 14. The molecule has 0 saturated carbocycles. The van der Waals surface area contributed by atoms with E-state index in [1.165, 1.54) is 172 Å². The maximum atomic E-state index is 4.03. The number of halogens is 2. The lowest BCUT2D eigenvalue weighted by Gasteiger charge is -2.01. The van der Waals surface area contributed by atoms with E-state index in [1.807, 2.05) is 68.0 Å². The van der Waals surface area contributed by atoms with Gasteiger partial charge in [-0.25, -0.2) is 0 Å². The van der Waals surface area contributed by atoms with Crippen LogP contribution in [-0.2, 0) is 25.7 Å². The SMILES string of the molecule is CCCCCCCCCCc1cc2sc(Cc3sc4c(Br)c(Cc5cc6sc(CCCCCCCCCC)cc6s5)sc4c3Br)cc2s1. The molecule has 0 nitrogen and oxygen atoms in total. The molecule has 0 aliphatic heterocycles. The third kappa shape index (κ3) is 10.1. The lowest BCUT2D eigenvalue weighted by Crippen LogP contribution is -1.83. The molecule has 0 fully saturated rings. The smallest absolute Gasteiger partial charge is 0.0610 e. The Morgan fingerprint density at radius 3 is 1.08 bits per heavy atom. The highest BCUT2D eigenvalue weighted by molar-refractivity contribution is 9.11. The van der Waals surface area contributed by atoms with Crippen LogP contribution in [0.1, 0.15) is 146 Å². The normalized spacial score (nSPS) is 12.2. The summed E-state index contributed by atoms with van der Waals surface area (Å²) in [6.45, 7) is 4.60. The van der Waals surface area contributed by atoms with Gasteiger partial charge in [0.25, 0.3) is 0 Å². The lowest BCUT2D eigenvalue weighted by molar-refractivity contribution is 0.576. The molecule has 48 heavy (non-hydrogen) atoms. The molecule has 0 unspecified atom stereocenters. The minimum atomic E-state index is 1.02. The molecule has 0 N–H and O–H groups in total. The van der Waals surface area contributed by atoms with Crippen molar-refractivity contribution in [2.24, 2.45) is 0 Å². The number of rotatable bonds is 22. The Morgan fingerprint density at radius 1 is 0.396 bits per heavy atom. The van der Waals surface area contributed by atoms with Crippen molar-refractivity contribution in [2.75, 3.05) is 0 Å². The highest BCUT2D eigenvalue weighted by Gasteiger charge is 2.20. The van der Waals surface area contributed by atoms with Crippen LogP contribution in [0.3, 0.4) is 0 Å². The summed E-state index contributed by atoms with van der Waals surface area (Å²) in [5, 5.41) is 0. The molecule has 0 radical (unpaired) electrons. The van der Waals surface area contributed by atoms with Crippen LogP contribution in [0, 0.1) is 0 Å². The van der Waals surface area contributed by atoms with E-state index in [0.717, 1.165) is 12.8 Å². The Bertz CT molecular complexity index is 1660. The lowest BCUT2D eigenvalue weighted by atomic mass is 10.1. The van der Waals surface area contributed by atoms with Gasteiger partial charge in [-0.1, -0.05) is 104 Å². The second-order valence-corrected chi connectivity index (χ2v) is 21.9. The van der Waals surface area contributed by atoms with Crippen molar-refractivity contribution in [1.29, 1.82) is 0 Å². The Labute approximate surface area is 329 Å². The van der Waals surface area contributed by atoms with E-state index >= 15 is 0 Å². The first kappa shape index (κ1) is 37.7. The predicted molar refractivity (Wildman–Crippen MR) is 233 cm³/mol. The van der Waals surface area contributed by atoms with Gasteiger partial charge in [0.15, 0.2) is 0 Å². The Morgan fingerprint density at radius 2 is 0.708 bits per heavy atom. The van der Waals surface area contributed by atoms with E-state index in [-0.39, 0.29) is 0 Å². The van der Waals surface area contributed by atoms with Crippen molar-refractivity contribution in [3.05, 3.63) is 62.5 Å². The first-order valence-electron chi connectivity index (χ1n) is 18.4. The maximum Gasteiger partial charge on any atom is 0.0610 e. The first-order valence-corrected chi connectivity index (χ1v) is 24.9. The topological polar surface area (TPSA) is 0 Å². The molecule has 0 bridgehead atoms. The minimum Gasteiger partial charge on any atom is -0.139 e. The number of aryl methyl sites for hydroxylation is 2. The van der Waals surface area contributed by atoms with Crippen LogP contribution < -0.4 is 0 Å². The Balaban J connectivity index is 0.989. The van der Waals surface area contributed by atoms with Crippen molar-refractivity contribution < 1.29 is 0 Å². The summed E-state index contributed by atoms with van der Waals surface area (Å²) in [5.74, 6) is 0. The van der Waals surface area contributed by atoms with Gasteiger partial charge in [0.2, 0.25) is 0 Å². The van der Waals surface area contributed by atoms with E-state index in [2.05, 4.69) is 70.0 Å². The van der Waals surface area contributed by atoms with Gasteiger partial charge in [-0.3, -0.25) is 0 Å². The number of thiophene rings is 6.